The predicted molar refractivity (Wildman–Crippen MR) is 65.2 cm³/mol. The molecule has 0 fully saturated rings. The predicted octanol–water partition coefficient (Wildman–Crippen LogP) is 0.986. The highest BCUT2D eigenvalue weighted by atomic mass is 16.6. The van der Waals surface area contributed by atoms with E-state index in [1.54, 1.807) is 6.92 Å². The summed E-state index contributed by atoms with van der Waals surface area (Å²) in [5, 5.41) is 9.46. The molecule has 5 nitrogen and oxygen atoms in total. The Bertz CT molecular complexity index is 265. The molecule has 1 N–H and O–H groups in total. The van der Waals surface area contributed by atoms with Gasteiger partial charge in [-0.3, -0.25) is 0 Å². The molecule has 0 bridgehead atoms. The zero-order chi connectivity index (χ0) is 13.4. The van der Waals surface area contributed by atoms with Crippen LogP contribution < -0.4 is 0 Å². The molecule has 100 valence electrons. The van der Waals surface area contributed by atoms with Crippen molar-refractivity contribution >= 4 is 5.97 Å². The molecule has 0 rings (SSSR count). The van der Waals surface area contributed by atoms with E-state index in [0.717, 1.165) is 5.70 Å². The van der Waals surface area contributed by atoms with E-state index < -0.39 is 6.29 Å². The largest absolute Gasteiger partial charge is 0.463 e. The summed E-state index contributed by atoms with van der Waals surface area (Å²) in [5.41, 5.74) is 0.790. The summed E-state index contributed by atoms with van der Waals surface area (Å²) in [5.74, 6) is -0.396. The maximum Gasteiger partial charge on any atom is 0.332 e. The summed E-state index contributed by atoms with van der Waals surface area (Å²) >= 11 is 0. The summed E-state index contributed by atoms with van der Waals surface area (Å²) in [4.78, 5) is 13.1. The van der Waals surface area contributed by atoms with Gasteiger partial charge in [0.15, 0.2) is 6.29 Å². The lowest BCUT2D eigenvalue weighted by atomic mass is 10.1. The van der Waals surface area contributed by atoms with Gasteiger partial charge in [0.05, 0.1) is 6.61 Å². The molecule has 0 heterocycles. The van der Waals surface area contributed by atoms with E-state index in [0.29, 0.717) is 13.2 Å². The maximum absolute atomic E-state index is 11.2. The molecule has 17 heavy (non-hydrogen) atoms. The van der Waals surface area contributed by atoms with Gasteiger partial charge in [-0.15, -0.1) is 0 Å². The maximum atomic E-state index is 11.2. The standard InChI is InChI=1S/C12H23NO4/c1-6-17-11(14)7-10(3)13(4)8-9(2)12(15)16-5/h7,9,12,15H,6,8H2,1-5H3. The van der Waals surface area contributed by atoms with Gasteiger partial charge in [-0.1, -0.05) is 6.92 Å². The van der Waals surface area contributed by atoms with Crippen LogP contribution in [0.3, 0.4) is 0 Å². The van der Waals surface area contributed by atoms with Crippen molar-refractivity contribution in [2.24, 2.45) is 5.92 Å². The number of aliphatic hydroxyl groups is 1. The zero-order valence-corrected chi connectivity index (χ0v) is 11.3. The third kappa shape index (κ3) is 6.28. The smallest absolute Gasteiger partial charge is 0.332 e. The van der Waals surface area contributed by atoms with Crippen molar-refractivity contribution in [2.75, 3.05) is 27.3 Å². The molecular formula is C12H23NO4. The fourth-order valence-corrected chi connectivity index (χ4v) is 1.36. The van der Waals surface area contributed by atoms with Crippen LogP contribution in [0.1, 0.15) is 20.8 Å². The molecule has 0 aromatic heterocycles. The average Bonchev–Trinajstić information content (AvgIpc) is 2.27. The fraction of sp³-hybridized carbons (Fsp3) is 0.750. The van der Waals surface area contributed by atoms with Crippen molar-refractivity contribution < 1.29 is 19.4 Å². The SMILES string of the molecule is CCOC(=O)C=C(C)N(C)CC(C)C(O)OC. The monoisotopic (exact) mass is 245 g/mol. The lowest BCUT2D eigenvalue weighted by Crippen LogP contribution is -2.31. The Hall–Kier alpha value is -1.07. The first-order valence-electron chi connectivity index (χ1n) is 5.69. The number of carbonyl (C=O) groups is 1. The topological polar surface area (TPSA) is 59.0 Å². The molecule has 5 heteroatoms. The molecule has 0 aliphatic rings. The number of esters is 1. The Morgan fingerprint density at radius 3 is 2.59 bits per heavy atom. The van der Waals surface area contributed by atoms with Gasteiger partial charge in [0.1, 0.15) is 0 Å². The number of rotatable bonds is 7. The van der Waals surface area contributed by atoms with Gasteiger partial charge in [0.2, 0.25) is 0 Å². The van der Waals surface area contributed by atoms with Gasteiger partial charge in [0, 0.05) is 38.4 Å². The molecule has 2 atom stereocenters. The summed E-state index contributed by atoms with van der Waals surface area (Å²) < 4.78 is 9.65. The Kier molecular flexibility index (Phi) is 7.58. The highest BCUT2D eigenvalue weighted by Gasteiger charge is 2.15. The second-order valence-corrected chi connectivity index (χ2v) is 4.02. The first-order valence-corrected chi connectivity index (χ1v) is 5.69. The highest BCUT2D eigenvalue weighted by molar-refractivity contribution is 5.82. The molecule has 0 spiro atoms. The molecule has 0 saturated heterocycles. The van der Waals surface area contributed by atoms with Gasteiger partial charge in [-0.05, 0) is 13.8 Å². The van der Waals surface area contributed by atoms with Crippen LogP contribution in [-0.2, 0) is 14.3 Å². The van der Waals surface area contributed by atoms with Crippen LogP contribution in [0.25, 0.3) is 0 Å². The van der Waals surface area contributed by atoms with Gasteiger partial charge < -0.3 is 19.5 Å². The van der Waals surface area contributed by atoms with Crippen LogP contribution in [0.2, 0.25) is 0 Å². The molecular weight excluding hydrogens is 222 g/mol. The van der Waals surface area contributed by atoms with Crippen LogP contribution in [0.15, 0.2) is 11.8 Å². The second-order valence-electron chi connectivity index (χ2n) is 4.02. The average molecular weight is 245 g/mol. The van der Waals surface area contributed by atoms with Crippen molar-refractivity contribution in [1.82, 2.24) is 4.90 Å². The summed E-state index contributed by atoms with van der Waals surface area (Å²) in [6.07, 6.45) is 0.642. The molecule has 0 aromatic carbocycles. The van der Waals surface area contributed by atoms with Gasteiger partial charge in [-0.2, -0.15) is 0 Å². The molecule has 0 aliphatic carbocycles. The van der Waals surface area contributed by atoms with Crippen molar-refractivity contribution in [1.29, 1.82) is 0 Å². The Morgan fingerprint density at radius 2 is 2.12 bits per heavy atom. The van der Waals surface area contributed by atoms with Gasteiger partial charge in [-0.25, -0.2) is 4.79 Å². The number of methoxy groups -OCH3 is 1. The van der Waals surface area contributed by atoms with E-state index in [9.17, 15) is 9.90 Å². The molecule has 0 aromatic rings. The van der Waals surface area contributed by atoms with E-state index in [2.05, 4.69) is 0 Å². The number of carbonyl (C=O) groups excluding carboxylic acids is 1. The number of allylic oxidation sites excluding steroid dienone is 1. The Morgan fingerprint density at radius 1 is 1.53 bits per heavy atom. The third-order valence-electron chi connectivity index (χ3n) is 2.51. The number of nitrogens with zero attached hydrogens (tertiary/aromatic N) is 1. The summed E-state index contributed by atoms with van der Waals surface area (Å²) in [6, 6.07) is 0. The summed E-state index contributed by atoms with van der Waals surface area (Å²) in [7, 11) is 3.31. The summed E-state index contributed by atoms with van der Waals surface area (Å²) in [6.45, 7) is 6.43. The number of hydrogen-bond donors (Lipinski definition) is 1. The number of ether oxygens (including phenoxy) is 2. The van der Waals surface area contributed by atoms with Crippen molar-refractivity contribution in [2.45, 2.75) is 27.1 Å². The minimum Gasteiger partial charge on any atom is -0.463 e. The van der Waals surface area contributed by atoms with Crippen LogP contribution in [0, 0.1) is 5.92 Å². The minimum absolute atomic E-state index is 0.0458. The van der Waals surface area contributed by atoms with Crippen LogP contribution >= 0.6 is 0 Å². The molecule has 0 amide bonds. The van der Waals surface area contributed by atoms with Crippen LogP contribution in [0.5, 0.6) is 0 Å². The van der Waals surface area contributed by atoms with Gasteiger partial charge in [0.25, 0.3) is 0 Å². The van der Waals surface area contributed by atoms with Crippen LogP contribution in [0.4, 0.5) is 0 Å². The lowest BCUT2D eigenvalue weighted by Gasteiger charge is -2.26. The van der Waals surface area contributed by atoms with Gasteiger partial charge >= 0.3 is 5.97 Å². The zero-order valence-electron chi connectivity index (χ0n) is 11.3. The molecule has 0 saturated carbocycles. The first-order chi connectivity index (χ1) is 7.92. The quantitative estimate of drug-likeness (QED) is 0.412. The lowest BCUT2D eigenvalue weighted by molar-refractivity contribution is -0.137. The first kappa shape index (κ1) is 15.9. The van der Waals surface area contributed by atoms with Crippen molar-refractivity contribution in [3.63, 3.8) is 0 Å². The fourth-order valence-electron chi connectivity index (χ4n) is 1.36. The normalized spacial score (nSPS) is 15.3. The van der Waals surface area contributed by atoms with E-state index in [1.807, 2.05) is 25.8 Å². The van der Waals surface area contributed by atoms with E-state index in [4.69, 9.17) is 9.47 Å². The van der Waals surface area contributed by atoms with Crippen molar-refractivity contribution in [3.8, 4) is 0 Å². The molecule has 0 aliphatic heterocycles. The molecule has 0 radical (unpaired) electrons. The van der Waals surface area contributed by atoms with Crippen LogP contribution in [-0.4, -0.2) is 49.6 Å². The van der Waals surface area contributed by atoms with Crippen molar-refractivity contribution in [3.05, 3.63) is 11.8 Å². The van der Waals surface area contributed by atoms with E-state index in [-0.39, 0.29) is 11.9 Å². The third-order valence-corrected chi connectivity index (χ3v) is 2.51. The Balaban J connectivity index is 4.30. The van der Waals surface area contributed by atoms with E-state index >= 15 is 0 Å². The van der Waals surface area contributed by atoms with E-state index in [1.165, 1.54) is 13.2 Å². The highest BCUT2D eigenvalue weighted by Crippen LogP contribution is 2.09. The minimum atomic E-state index is -0.798. The second kappa shape index (κ2) is 8.08. The number of aliphatic hydroxyl groups excluding tert-OH is 1. The Labute approximate surface area is 103 Å². The molecule has 2 unspecified atom stereocenters. The number of hydrogen-bond acceptors (Lipinski definition) is 5.